The van der Waals surface area contributed by atoms with Crippen LogP contribution in [0.2, 0.25) is 0 Å². The van der Waals surface area contributed by atoms with Gasteiger partial charge in [-0.1, -0.05) is 0 Å². The molecule has 2 aliphatic heterocycles. The van der Waals surface area contributed by atoms with Crippen molar-refractivity contribution in [2.75, 3.05) is 30.0 Å². The minimum Gasteiger partial charge on any atom is -0.497 e. The SMILES string of the molecule is COc1ccc(OC(=O)c2n[nH]c3c2CCN(c2ccc(N4CCCCC4=O)cc2)C3=O)cc1. The number of piperidine rings is 1. The van der Waals surface area contributed by atoms with E-state index in [2.05, 4.69) is 10.2 Å². The first-order chi connectivity index (χ1) is 16.5. The molecule has 2 aliphatic rings. The number of H-pyrrole nitrogens is 1. The monoisotopic (exact) mass is 460 g/mol. The Hall–Kier alpha value is -4.14. The van der Waals surface area contributed by atoms with E-state index >= 15 is 0 Å². The maximum atomic E-state index is 13.1. The number of nitrogens with zero attached hydrogens (tertiary/aromatic N) is 3. The van der Waals surface area contributed by atoms with E-state index in [-0.39, 0.29) is 23.2 Å². The molecule has 9 heteroatoms. The smallest absolute Gasteiger partial charge is 0.364 e. The van der Waals surface area contributed by atoms with E-state index in [1.165, 1.54) is 0 Å². The number of aromatic nitrogens is 2. The predicted octanol–water partition coefficient (Wildman–Crippen LogP) is 3.36. The van der Waals surface area contributed by atoms with Crippen molar-refractivity contribution >= 4 is 29.2 Å². The van der Waals surface area contributed by atoms with Crippen molar-refractivity contribution in [2.45, 2.75) is 25.7 Å². The second-order valence-electron chi connectivity index (χ2n) is 8.22. The van der Waals surface area contributed by atoms with Crippen LogP contribution in [0.25, 0.3) is 0 Å². The van der Waals surface area contributed by atoms with Gasteiger partial charge in [-0.15, -0.1) is 0 Å². The Morgan fingerprint density at radius 3 is 2.24 bits per heavy atom. The largest absolute Gasteiger partial charge is 0.497 e. The lowest BCUT2D eigenvalue weighted by Crippen LogP contribution is -2.38. The van der Waals surface area contributed by atoms with Gasteiger partial charge < -0.3 is 19.3 Å². The summed E-state index contributed by atoms with van der Waals surface area (Å²) in [5.41, 5.74) is 2.50. The summed E-state index contributed by atoms with van der Waals surface area (Å²) < 4.78 is 10.5. The van der Waals surface area contributed by atoms with Gasteiger partial charge in [0, 0.05) is 36.4 Å². The molecule has 0 atom stereocenters. The topological polar surface area (TPSA) is 105 Å². The van der Waals surface area contributed by atoms with E-state index < -0.39 is 5.97 Å². The number of hydrogen-bond donors (Lipinski definition) is 1. The van der Waals surface area contributed by atoms with Crippen LogP contribution in [0.1, 0.15) is 45.8 Å². The van der Waals surface area contributed by atoms with E-state index in [4.69, 9.17) is 9.47 Å². The van der Waals surface area contributed by atoms with Gasteiger partial charge >= 0.3 is 5.97 Å². The van der Waals surface area contributed by atoms with Gasteiger partial charge in [-0.3, -0.25) is 14.7 Å². The first-order valence-electron chi connectivity index (χ1n) is 11.2. The summed E-state index contributed by atoms with van der Waals surface area (Å²) in [5, 5.41) is 6.79. The van der Waals surface area contributed by atoms with Crippen LogP contribution in [-0.4, -0.2) is 48.2 Å². The van der Waals surface area contributed by atoms with Gasteiger partial charge in [-0.05, 0) is 67.8 Å². The van der Waals surface area contributed by atoms with Crippen LogP contribution in [0.5, 0.6) is 11.5 Å². The maximum Gasteiger partial charge on any atom is 0.364 e. The standard InChI is InChI=1S/C25H24N4O5/c1-33-18-9-11-19(12-10-18)34-25(32)23-20-13-15-29(24(31)22(20)26-27-23)17-7-5-16(6-8-17)28-14-3-2-4-21(28)30/h5-12H,2-4,13-15H2,1H3,(H,26,27). The van der Waals surface area contributed by atoms with Gasteiger partial charge in [0.1, 0.15) is 17.2 Å². The molecule has 5 rings (SSSR count). The van der Waals surface area contributed by atoms with E-state index in [1.807, 2.05) is 24.3 Å². The second kappa shape index (κ2) is 9.01. The minimum atomic E-state index is -0.625. The third-order valence-electron chi connectivity index (χ3n) is 6.17. The molecule has 1 fully saturated rings. The van der Waals surface area contributed by atoms with Crippen molar-refractivity contribution in [3.05, 3.63) is 65.5 Å². The van der Waals surface area contributed by atoms with Gasteiger partial charge in [0.05, 0.1) is 7.11 Å². The molecular formula is C25H24N4O5. The summed E-state index contributed by atoms with van der Waals surface area (Å²) in [5.74, 6) is 0.250. The van der Waals surface area contributed by atoms with Crippen LogP contribution in [0.15, 0.2) is 48.5 Å². The number of carbonyl (C=O) groups excluding carboxylic acids is 3. The quantitative estimate of drug-likeness (QED) is 0.462. The fraction of sp³-hybridized carbons (Fsp3) is 0.280. The molecule has 1 saturated heterocycles. The highest BCUT2D eigenvalue weighted by Crippen LogP contribution is 2.29. The number of amides is 2. The highest BCUT2D eigenvalue weighted by atomic mass is 16.5. The number of aromatic amines is 1. The number of hydrogen-bond acceptors (Lipinski definition) is 6. The number of ether oxygens (including phenoxy) is 2. The van der Waals surface area contributed by atoms with E-state index in [9.17, 15) is 14.4 Å². The number of carbonyl (C=O) groups is 3. The summed E-state index contributed by atoms with van der Waals surface area (Å²) in [6, 6.07) is 14.1. The number of methoxy groups -OCH3 is 1. The van der Waals surface area contributed by atoms with Gasteiger partial charge in [0.25, 0.3) is 5.91 Å². The molecule has 1 aromatic heterocycles. The molecule has 0 saturated carbocycles. The van der Waals surface area contributed by atoms with Crippen molar-refractivity contribution < 1.29 is 23.9 Å². The summed E-state index contributed by atoms with van der Waals surface area (Å²) in [7, 11) is 1.56. The second-order valence-corrected chi connectivity index (χ2v) is 8.22. The Bertz CT molecular complexity index is 1230. The molecule has 0 aliphatic carbocycles. The summed E-state index contributed by atoms with van der Waals surface area (Å²) in [4.78, 5) is 41.4. The third kappa shape index (κ3) is 4.00. The van der Waals surface area contributed by atoms with Crippen LogP contribution < -0.4 is 19.3 Å². The summed E-state index contributed by atoms with van der Waals surface area (Å²) >= 11 is 0. The molecule has 3 aromatic rings. The Labute approximate surface area is 196 Å². The summed E-state index contributed by atoms with van der Waals surface area (Å²) in [6.07, 6.45) is 2.94. The average Bonchev–Trinajstić information content (AvgIpc) is 3.31. The molecule has 174 valence electrons. The minimum absolute atomic E-state index is 0.109. The Morgan fingerprint density at radius 1 is 0.882 bits per heavy atom. The molecule has 3 heterocycles. The normalized spacial score (nSPS) is 15.8. The molecule has 0 spiro atoms. The van der Waals surface area contributed by atoms with Crippen LogP contribution in [-0.2, 0) is 11.2 Å². The maximum absolute atomic E-state index is 13.1. The van der Waals surface area contributed by atoms with Crippen LogP contribution >= 0.6 is 0 Å². The first-order valence-corrected chi connectivity index (χ1v) is 11.2. The van der Waals surface area contributed by atoms with Gasteiger partial charge in [-0.25, -0.2) is 4.79 Å². The highest BCUT2D eigenvalue weighted by Gasteiger charge is 2.33. The van der Waals surface area contributed by atoms with E-state index in [1.54, 1.807) is 41.2 Å². The van der Waals surface area contributed by atoms with Crippen LogP contribution in [0.4, 0.5) is 11.4 Å². The van der Waals surface area contributed by atoms with Crippen molar-refractivity contribution in [3.8, 4) is 11.5 Å². The molecule has 2 amide bonds. The number of rotatable bonds is 5. The molecule has 0 radical (unpaired) electrons. The molecule has 2 aromatic carbocycles. The average molecular weight is 460 g/mol. The van der Waals surface area contributed by atoms with E-state index in [0.29, 0.717) is 43.0 Å². The van der Waals surface area contributed by atoms with Crippen molar-refractivity contribution in [1.82, 2.24) is 10.2 Å². The lowest BCUT2D eigenvalue weighted by molar-refractivity contribution is -0.119. The lowest BCUT2D eigenvalue weighted by Gasteiger charge is -2.29. The summed E-state index contributed by atoms with van der Waals surface area (Å²) in [6.45, 7) is 1.11. The Balaban J connectivity index is 1.31. The van der Waals surface area contributed by atoms with Crippen molar-refractivity contribution in [2.24, 2.45) is 0 Å². The van der Waals surface area contributed by atoms with Crippen molar-refractivity contribution in [1.29, 1.82) is 0 Å². The fourth-order valence-electron chi connectivity index (χ4n) is 4.35. The number of benzene rings is 2. The van der Waals surface area contributed by atoms with Crippen LogP contribution in [0, 0.1) is 0 Å². The van der Waals surface area contributed by atoms with Crippen LogP contribution in [0.3, 0.4) is 0 Å². The molecule has 0 bridgehead atoms. The van der Waals surface area contributed by atoms with E-state index in [0.717, 1.165) is 24.2 Å². The zero-order valence-corrected chi connectivity index (χ0v) is 18.7. The van der Waals surface area contributed by atoms with Gasteiger partial charge in [0.15, 0.2) is 5.69 Å². The number of esters is 1. The molecule has 34 heavy (non-hydrogen) atoms. The third-order valence-corrected chi connectivity index (χ3v) is 6.17. The van der Waals surface area contributed by atoms with Crippen molar-refractivity contribution in [3.63, 3.8) is 0 Å². The number of fused-ring (bicyclic) bond motifs is 1. The lowest BCUT2D eigenvalue weighted by atomic mass is 10.0. The first kappa shape index (κ1) is 21.7. The number of anilines is 2. The fourth-order valence-corrected chi connectivity index (χ4v) is 4.35. The number of nitrogens with one attached hydrogen (secondary N) is 1. The molecule has 1 N–H and O–H groups in total. The zero-order valence-electron chi connectivity index (χ0n) is 18.7. The molecule has 9 nitrogen and oxygen atoms in total. The Kier molecular flexibility index (Phi) is 5.75. The van der Waals surface area contributed by atoms with Gasteiger partial charge in [0.2, 0.25) is 5.91 Å². The Morgan fingerprint density at radius 2 is 1.56 bits per heavy atom. The molecular weight excluding hydrogens is 436 g/mol. The predicted molar refractivity (Wildman–Crippen MR) is 125 cm³/mol. The highest BCUT2D eigenvalue weighted by molar-refractivity contribution is 6.08. The zero-order chi connectivity index (χ0) is 23.7. The molecule has 0 unspecified atom stereocenters. The van der Waals surface area contributed by atoms with Gasteiger partial charge in [-0.2, -0.15) is 5.10 Å².